The first-order chi connectivity index (χ1) is 14.9. The second-order valence-electron chi connectivity index (χ2n) is 7.69. The fourth-order valence-corrected chi connectivity index (χ4v) is 4.36. The van der Waals surface area contributed by atoms with Crippen LogP contribution in [0.4, 0.5) is 0 Å². The molecule has 0 aliphatic rings. The second-order valence-corrected chi connectivity index (χ2v) is 7.69. The van der Waals surface area contributed by atoms with E-state index in [1.165, 1.54) is 22.3 Å². The molecule has 0 radical (unpaired) electrons. The Balaban J connectivity index is 1.89. The Hall–Kier alpha value is -3.16. The molecule has 0 aliphatic heterocycles. The van der Waals surface area contributed by atoms with E-state index in [0.717, 1.165) is 13.0 Å². The predicted octanol–water partition coefficient (Wildman–Crippen LogP) is 7.28. The Morgan fingerprint density at radius 3 is 0.967 bits per heavy atom. The molecule has 4 aromatic rings. The summed E-state index contributed by atoms with van der Waals surface area (Å²) in [6.45, 7) is 3.27. The van der Waals surface area contributed by atoms with Crippen LogP contribution in [0.2, 0.25) is 0 Å². The fourth-order valence-electron chi connectivity index (χ4n) is 4.36. The molecule has 4 aromatic carbocycles. The van der Waals surface area contributed by atoms with Gasteiger partial charge in [-0.05, 0) is 35.2 Å². The highest BCUT2D eigenvalue weighted by atomic mass is 15.2. The van der Waals surface area contributed by atoms with Crippen molar-refractivity contribution in [3.05, 3.63) is 144 Å². The monoisotopic (exact) mass is 391 g/mol. The van der Waals surface area contributed by atoms with Gasteiger partial charge in [-0.15, -0.1) is 0 Å². The van der Waals surface area contributed by atoms with E-state index in [2.05, 4.69) is 133 Å². The third-order valence-corrected chi connectivity index (χ3v) is 5.61. The molecule has 0 aliphatic carbocycles. The van der Waals surface area contributed by atoms with Crippen LogP contribution in [0.25, 0.3) is 0 Å². The number of nitrogens with zero attached hydrogens (tertiary/aromatic N) is 1. The highest BCUT2D eigenvalue weighted by Crippen LogP contribution is 2.39. The minimum absolute atomic E-state index is 0.178. The van der Waals surface area contributed by atoms with Crippen LogP contribution in [-0.2, 0) is 0 Å². The van der Waals surface area contributed by atoms with Gasteiger partial charge in [-0.3, -0.25) is 4.90 Å². The summed E-state index contributed by atoms with van der Waals surface area (Å²) in [7, 11) is 0. The van der Waals surface area contributed by atoms with Gasteiger partial charge in [0.15, 0.2) is 0 Å². The van der Waals surface area contributed by atoms with Gasteiger partial charge in [0, 0.05) is 0 Å². The average molecular weight is 392 g/mol. The third kappa shape index (κ3) is 4.53. The molecule has 0 saturated carbocycles. The van der Waals surface area contributed by atoms with Crippen LogP contribution in [-0.4, -0.2) is 11.4 Å². The molecule has 0 N–H and O–H groups in total. The molecule has 1 heteroatoms. The van der Waals surface area contributed by atoms with Crippen LogP contribution in [0.3, 0.4) is 0 Å². The van der Waals surface area contributed by atoms with Gasteiger partial charge in [0.2, 0.25) is 0 Å². The lowest BCUT2D eigenvalue weighted by atomic mass is 9.90. The summed E-state index contributed by atoms with van der Waals surface area (Å²) in [4.78, 5) is 2.66. The molecule has 0 saturated heterocycles. The van der Waals surface area contributed by atoms with Crippen molar-refractivity contribution in [1.82, 2.24) is 4.90 Å². The maximum absolute atomic E-state index is 2.66. The van der Waals surface area contributed by atoms with E-state index in [-0.39, 0.29) is 12.1 Å². The van der Waals surface area contributed by atoms with Crippen molar-refractivity contribution in [1.29, 1.82) is 0 Å². The summed E-state index contributed by atoms with van der Waals surface area (Å²) in [5.41, 5.74) is 5.31. The minimum Gasteiger partial charge on any atom is -0.281 e. The first-order valence-electron chi connectivity index (χ1n) is 10.8. The Kier molecular flexibility index (Phi) is 6.74. The van der Waals surface area contributed by atoms with Gasteiger partial charge in [-0.2, -0.15) is 0 Å². The Bertz CT molecular complexity index is 835. The van der Waals surface area contributed by atoms with Crippen molar-refractivity contribution in [3.63, 3.8) is 0 Å². The largest absolute Gasteiger partial charge is 0.281 e. The van der Waals surface area contributed by atoms with Gasteiger partial charge < -0.3 is 0 Å². The third-order valence-electron chi connectivity index (χ3n) is 5.61. The average Bonchev–Trinajstić information content (AvgIpc) is 2.82. The van der Waals surface area contributed by atoms with Crippen LogP contribution in [0.5, 0.6) is 0 Å². The van der Waals surface area contributed by atoms with Crippen LogP contribution in [0.15, 0.2) is 121 Å². The summed E-state index contributed by atoms with van der Waals surface area (Å²) in [5, 5.41) is 0. The van der Waals surface area contributed by atoms with Crippen molar-refractivity contribution in [2.45, 2.75) is 25.4 Å². The Morgan fingerprint density at radius 1 is 0.467 bits per heavy atom. The van der Waals surface area contributed by atoms with Gasteiger partial charge in [0.05, 0.1) is 12.1 Å². The van der Waals surface area contributed by atoms with Gasteiger partial charge in [-0.1, -0.05) is 128 Å². The van der Waals surface area contributed by atoms with Crippen molar-refractivity contribution in [3.8, 4) is 0 Å². The molecule has 0 heterocycles. The molecule has 4 rings (SSSR count). The molecule has 0 fully saturated rings. The van der Waals surface area contributed by atoms with E-state index >= 15 is 0 Å². The quantitative estimate of drug-likeness (QED) is 0.305. The number of rotatable bonds is 8. The maximum Gasteiger partial charge on any atom is 0.0610 e. The van der Waals surface area contributed by atoms with E-state index < -0.39 is 0 Å². The summed E-state index contributed by atoms with van der Waals surface area (Å²) < 4.78 is 0. The predicted molar refractivity (Wildman–Crippen MR) is 126 cm³/mol. The molecule has 0 bridgehead atoms. The van der Waals surface area contributed by atoms with Crippen LogP contribution in [0.1, 0.15) is 47.7 Å². The SMILES string of the molecule is CCCN(C(c1ccccc1)c1ccccc1)C(c1ccccc1)c1ccccc1. The minimum atomic E-state index is 0.178. The summed E-state index contributed by atoms with van der Waals surface area (Å²) in [6, 6.07) is 44.0. The van der Waals surface area contributed by atoms with Crippen molar-refractivity contribution >= 4 is 0 Å². The molecule has 0 amide bonds. The summed E-state index contributed by atoms with van der Waals surface area (Å²) in [5.74, 6) is 0. The lowest BCUT2D eigenvalue weighted by Gasteiger charge is -2.39. The molecule has 0 aromatic heterocycles. The van der Waals surface area contributed by atoms with Crippen molar-refractivity contribution < 1.29 is 0 Å². The topological polar surface area (TPSA) is 3.24 Å². The molecule has 30 heavy (non-hydrogen) atoms. The highest BCUT2D eigenvalue weighted by molar-refractivity contribution is 5.37. The zero-order chi connectivity index (χ0) is 20.6. The molecule has 0 atom stereocenters. The van der Waals surface area contributed by atoms with E-state index in [1.807, 2.05) is 0 Å². The normalized spacial score (nSPS) is 11.3. The second kappa shape index (κ2) is 10.0. The van der Waals surface area contributed by atoms with E-state index in [0.29, 0.717) is 0 Å². The van der Waals surface area contributed by atoms with Crippen LogP contribution < -0.4 is 0 Å². The summed E-state index contributed by atoms with van der Waals surface area (Å²) in [6.07, 6.45) is 1.09. The number of hydrogen-bond acceptors (Lipinski definition) is 1. The molecule has 1 nitrogen and oxygen atoms in total. The number of hydrogen-bond donors (Lipinski definition) is 0. The lowest BCUT2D eigenvalue weighted by Crippen LogP contribution is -2.35. The smallest absolute Gasteiger partial charge is 0.0610 e. The van der Waals surface area contributed by atoms with E-state index in [9.17, 15) is 0 Å². The molecule has 0 unspecified atom stereocenters. The van der Waals surface area contributed by atoms with Crippen LogP contribution >= 0.6 is 0 Å². The zero-order valence-electron chi connectivity index (χ0n) is 17.6. The Labute approximate surface area is 180 Å². The molecule has 150 valence electrons. The number of benzene rings is 4. The Morgan fingerprint density at radius 2 is 0.733 bits per heavy atom. The molecule has 0 spiro atoms. The van der Waals surface area contributed by atoms with Gasteiger partial charge in [-0.25, -0.2) is 0 Å². The zero-order valence-corrected chi connectivity index (χ0v) is 17.6. The van der Waals surface area contributed by atoms with E-state index in [4.69, 9.17) is 0 Å². The van der Waals surface area contributed by atoms with Gasteiger partial charge in [0.25, 0.3) is 0 Å². The molecular weight excluding hydrogens is 362 g/mol. The fraction of sp³-hybridized carbons (Fsp3) is 0.172. The van der Waals surface area contributed by atoms with Gasteiger partial charge in [0.1, 0.15) is 0 Å². The lowest BCUT2D eigenvalue weighted by molar-refractivity contribution is 0.180. The maximum atomic E-state index is 2.66. The van der Waals surface area contributed by atoms with Crippen molar-refractivity contribution in [2.75, 3.05) is 6.54 Å². The summed E-state index contributed by atoms with van der Waals surface area (Å²) >= 11 is 0. The van der Waals surface area contributed by atoms with Crippen molar-refractivity contribution in [2.24, 2.45) is 0 Å². The highest BCUT2D eigenvalue weighted by Gasteiger charge is 2.30. The first-order valence-corrected chi connectivity index (χ1v) is 10.8. The standard InChI is InChI=1S/C29H29N/c1-2-23-30(28(24-15-7-3-8-16-24)25-17-9-4-10-18-25)29(26-19-11-5-12-20-26)27-21-13-6-14-22-27/h3-22,28-29H,2,23H2,1H3. The first kappa shape index (κ1) is 20.1. The molecular formula is C29H29N. The van der Waals surface area contributed by atoms with Crippen LogP contribution in [0, 0.1) is 0 Å². The van der Waals surface area contributed by atoms with Gasteiger partial charge >= 0.3 is 0 Å². The van der Waals surface area contributed by atoms with E-state index in [1.54, 1.807) is 0 Å².